The molecule has 2 fully saturated rings. The zero-order valence-electron chi connectivity index (χ0n) is 16.5. The summed E-state index contributed by atoms with van der Waals surface area (Å²) in [6.45, 7) is 1.35. The van der Waals surface area contributed by atoms with E-state index in [0.29, 0.717) is 19.0 Å². The first-order valence-electron chi connectivity index (χ1n) is 9.93. The molecule has 3 aromatic rings. The van der Waals surface area contributed by atoms with Crippen molar-refractivity contribution >= 4 is 17.4 Å². The number of fused-ring (bicyclic) bond motifs is 1. The summed E-state index contributed by atoms with van der Waals surface area (Å²) >= 11 is 0. The minimum Gasteiger partial charge on any atom is -0.351 e. The van der Waals surface area contributed by atoms with E-state index in [4.69, 9.17) is 5.10 Å². The minimum absolute atomic E-state index is 0.0388. The van der Waals surface area contributed by atoms with Gasteiger partial charge in [-0.2, -0.15) is 4.52 Å². The zero-order valence-corrected chi connectivity index (χ0v) is 16.5. The number of nitrogens with zero attached hydrogens (tertiary/aromatic N) is 7. The lowest BCUT2D eigenvalue weighted by atomic mass is 9.85. The number of amides is 1. The van der Waals surface area contributed by atoms with Crippen LogP contribution in [0.2, 0.25) is 0 Å². The van der Waals surface area contributed by atoms with Crippen LogP contribution in [0.3, 0.4) is 0 Å². The molecule has 1 aliphatic heterocycles. The monoisotopic (exact) mass is 393 g/mol. The van der Waals surface area contributed by atoms with Gasteiger partial charge in [-0.05, 0) is 37.1 Å². The Kier molecular flexibility index (Phi) is 4.11. The number of likely N-dealkylation sites (N-methyl/N-ethyl adjacent to an activating group) is 1. The van der Waals surface area contributed by atoms with E-state index in [1.807, 2.05) is 16.6 Å². The third-order valence-electron chi connectivity index (χ3n) is 6.15. The Balaban J connectivity index is 1.30. The van der Waals surface area contributed by atoms with Gasteiger partial charge in [-0.15, -0.1) is 15.3 Å². The van der Waals surface area contributed by atoms with Crippen LogP contribution in [0.1, 0.15) is 41.4 Å². The summed E-state index contributed by atoms with van der Waals surface area (Å²) in [5.41, 5.74) is 0.689. The predicted molar refractivity (Wildman–Crippen MR) is 107 cm³/mol. The van der Waals surface area contributed by atoms with Gasteiger partial charge in [0.2, 0.25) is 0 Å². The number of pyridine rings is 1. The molecule has 0 spiro atoms. The molecule has 3 aromatic heterocycles. The highest BCUT2D eigenvalue weighted by atomic mass is 16.2. The second-order valence-corrected chi connectivity index (χ2v) is 7.96. The van der Waals surface area contributed by atoms with Crippen molar-refractivity contribution in [2.75, 3.05) is 25.0 Å². The summed E-state index contributed by atoms with van der Waals surface area (Å²) in [5, 5.41) is 13.3. The maximum Gasteiger partial charge on any atom is 0.263 e. The van der Waals surface area contributed by atoms with Gasteiger partial charge in [-0.3, -0.25) is 9.59 Å². The Morgan fingerprint density at radius 2 is 1.97 bits per heavy atom. The summed E-state index contributed by atoms with van der Waals surface area (Å²) in [6.07, 6.45) is 5.17. The van der Waals surface area contributed by atoms with Crippen molar-refractivity contribution < 1.29 is 4.79 Å². The first-order valence-corrected chi connectivity index (χ1v) is 9.93. The molecule has 5 rings (SSSR count). The van der Waals surface area contributed by atoms with Crippen LogP contribution in [-0.4, -0.2) is 61.4 Å². The Morgan fingerprint density at radius 1 is 1.17 bits per heavy atom. The molecule has 0 atom stereocenters. The van der Waals surface area contributed by atoms with Crippen molar-refractivity contribution in [3.8, 4) is 0 Å². The summed E-state index contributed by atoms with van der Waals surface area (Å²) < 4.78 is 3.28. The highest BCUT2D eigenvalue weighted by molar-refractivity contribution is 5.94. The van der Waals surface area contributed by atoms with Crippen LogP contribution in [0.5, 0.6) is 0 Å². The Bertz CT molecular complexity index is 1140. The highest BCUT2D eigenvalue weighted by Crippen LogP contribution is 2.35. The van der Waals surface area contributed by atoms with Crippen molar-refractivity contribution in [1.29, 1.82) is 0 Å². The maximum atomic E-state index is 12.8. The first-order chi connectivity index (χ1) is 14.0. The third-order valence-corrected chi connectivity index (χ3v) is 6.15. The molecule has 0 N–H and O–H groups in total. The smallest absolute Gasteiger partial charge is 0.263 e. The van der Waals surface area contributed by atoms with Crippen molar-refractivity contribution in [2.24, 2.45) is 7.05 Å². The lowest BCUT2D eigenvalue weighted by Gasteiger charge is -2.44. The number of hydrogen-bond donors (Lipinski definition) is 0. The van der Waals surface area contributed by atoms with Crippen LogP contribution in [0.4, 0.5) is 5.82 Å². The fourth-order valence-electron chi connectivity index (χ4n) is 3.89. The molecule has 9 nitrogen and oxygen atoms in total. The molecule has 1 saturated carbocycles. The molecule has 150 valence electrons. The molecule has 1 saturated heterocycles. The molecule has 0 unspecified atom stereocenters. The standard InChI is InChI=1S/C20H23N7O2/c1-24-10-4-7-15(19(24)28)20(29)25(2)14-11-26(12-14)17-9-8-16-21-22-18(27(16)23-17)13-5-3-6-13/h4,7-10,13-14H,3,5-6,11-12H2,1-2H3. The van der Waals surface area contributed by atoms with E-state index in [2.05, 4.69) is 15.1 Å². The second kappa shape index (κ2) is 6.68. The zero-order chi connectivity index (χ0) is 20.1. The van der Waals surface area contributed by atoms with E-state index in [9.17, 15) is 9.59 Å². The minimum atomic E-state index is -0.274. The fraction of sp³-hybridized carbons (Fsp3) is 0.450. The summed E-state index contributed by atoms with van der Waals surface area (Å²) in [5.74, 6) is 2.00. The molecular formula is C20H23N7O2. The molecule has 1 aliphatic carbocycles. The van der Waals surface area contributed by atoms with Gasteiger partial charge < -0.3 is 14.4 Å². The average Bonchev–Trinajstić information content (AvgIpc) is 3.04. The lowest BCUT2D eigenvalue weighted by Crippen LogP contribution is -2.60. The van der Waals surface area contributed by atoms with Crippen LogP contribution >= 0.6 is 0 Å². The van der Waals surface area contributed by atoms with Gasteiger partial charge in [0, 0.05) is 39.3 Å². The Hall–Kier alpha value is -3.23. The van der Waals surface area contributed by atoms with Crippen LogP contribution in [0, 0.1) is 0 Å². The number of aromatic nitrogens is 5. The number of carbonyl (C=O) groups excluding carboxylic acids is 1. The van der Waals surface area contributed by atoms with Gasteiger partial charge in [0.15, 0.2) is 11.5 Å². The van der Waals surface area contributed by atoms with E-state index in [1.54, 1.807) is 37.3 Å². The molecule has 9 heteroatoms. The summed E-state index contributed by atoms with van der Waals surface area (Å²) in [7, 11) is 3.40. The Labute approximate surface area is 167 Å². The van der Waals surface area contributed by atoms with E-state index >= 15 is 0 Å². The molecule has 0 aromatic carbocycles. The van der Waals surface area contributed by atoms with E-state index in [0.717, 1.165) is 30.1 Å². The highest BCUT2D eigenvalue weighted by Gasteiger charge is 2.35. The van der Waals surface area contributed by atoms with Crippen LogP contribution < -0.4 is 10.5 Å². The van der Waals surface area contributed by atoms with E-state index < -0.39 is 0 Å². The summed E-state index contributed by atoms with van der Waals surface area (Å²) in [4.78, 5) is 28.8. The number of anilines is 1. The molecule has 0 radical (unpaired) electrons. The molecule has 29 heavy (non-hydrogen) atoms. The quantitative estimate of drug-likeness (QED) is 0.658. The van der Waals surface area contributed by atoms with Crippen molar-refractivity contribution in [2.45, 2.75) is 31.2 Å². The van der Waals surface area contributed by atoms with E-state index in [1.165, 1.54) is 11.0 Å². The molecule has 2 aliphatic rings. The van der Waals surface area contributed by atoms with Crippen molar-refractivity contribution in [3.05, 3.63) is 52.2 Å². The summed E-state index contributed by atoms with van der Waals surface area (Å²) in [6, 6.07) is 7.22. The van der Waals surface area contributed by atoms with Gasteiger partial charge in [0.05, 0.1) is 6.04 Å². The van der Waals surface area contributed by atoms with Gasteiger partial charge in [-0.25, -0.2) is 0 Å². The van der Waals surface area contributed by atoms with E-state index in [-0.39, 0.29) is 23.1 Å². The maximum absolute atomic E-state index is 12.8. The molecule has 0 bridgehead atoms. The van der Waals surface area contributed by atoms with Crippen molar-refractivity contribution in [1.82, 2.24) is 29.3 Å². The largest absolute Gasteiger partial charge is 0.351 e. The van der Waals surface area contributed by atoms with Crippen LogP contribution in [0.15, 0.2) is 35.3 Å². The average molecular weight is 393 g/mol. The van der Waals surface area contributed by atoms with Crippen LogP contribution in [-0.2, 0) is 7.05 Å². The topological polar surface area (TPSA) is 88.6 Å². The predicted octanol–water partition coefficient (Wildman–Crippen LogP) is 1.05. The number of aryl methyl sites for hydroxylation is 1. The molecular weight excluding hydrogens is 370 g/mol. The Morgan fingerprint density at radius 3 is 2.69 bits per heavy atom. The third kappa shape index (κ3) is 2.88. The number of rotatable bonds is 4. The SMILES string of the molecule is CN(C(=O)c1cccn(C)c1=O)C1CN(c2ccc3nnc(C4CCC4)n3n2)C1. The molecule has 1 amide bonds. The first kappa shape index (κ1) is 17.8. The lowest BCUT2D eigenvalue weighted by molar-refractivity contribution is 0.0702. The number of carbonyl (C=O) groups is 1. The van der Waals surface area contributed by atoms with Gasteiger partial charge in [-0.1, -0.05) is 6.42 Å². The fourth-order valence-corrected chi connectivity index (χ4v) is 3.89. The van der Waals surface area contributed by atoms with Crippen LogP contribution in [0.25, 0.3) is 5.65 Å². The van der Waals surface area contributed by atoms with Gasteiger partial charge in [0.1, 0.15) is 11.4 Å². The molecule has 4 heterocycles. The normalized spacial score (nSPS) is 17.2. The van der Waals surface area contributed by atoms with Gasteiger partial charge >= 0.3 is 0 Å². The van der Waals surface area contributed by atoms with Crippen molar-refractivity contribution in [3.63, 3.8) is 0 Å². The van der Waals surface area contributed by atoms with Gasteiger partial charge in [0.25, 0.3) is 11.5 Å². The second-order valence-electron chi connectivity index (χ2n) is 7.96. The number of hydrogen-bond acceptors (Lipinski definition) is 6.